The Morgan fingerprint density at radius 3 is 2.50 bits per heavy atom. The number of rotatable bonds is 10. The van der Waals surface area contributed by atoms with E-state index in [2.05, 4.69) is 15.5 Å². The molecular weight excluding hydrogens is 467 g/mol. The van der Waals surface area contributed by atoms with Gasteiger partial charge in [0, 0.05) is 44.0 Å². The molecule has 4 rings (SSSR count). The third-order valence-corrected chi connectivity index (χ3v) is 6.20. The van der Waals surface area contributed by atoms with Gasteiger partial charge in [-0.05, 0) is 61.5 Å². The van der Waals surface area contributed by atoms with Crippen molar-refractivity contribution in [2.45, 2.75) is 12.8 Å². The molecule has 192 valence electrons. The zero-order chi connectivity index (χ0) is 25.3. The Labute approximate surface area is 209 Å². The molecule has 3 amide bonds. The van der Waals surface area contributed by atoms with Crippen molar-refractivity contribution >= 4 is 29.1 Å². The molecule has 2 aliphatic rings. The summed E-state index contributed by atoms with van der Waals surface area (Å²) in [6.45, 7) is 4.98. The molecule has 0 saturated carbocycles. The van der Waals surface area contributed by atoms with Crippen molar-refractivity contribution in [1.29, 1.82) is 0 Å². The van der Waals surface area contributed by atoms with Crippen molar-refractivity contribution in [1.82, 2.24) is 10.2 Å². The quantitative estimate of drug-likeness (QED) is 0.487. The summed E-state index contributed by atoms with van der Waals surface area (Å²) < 4.78 is 23.8. The van der Waals surface area contributed by atoms with Crippen LogP contribution in [0.25, 0.3) is 0 Å². The summed E-state index contributed by atoms with van der Waals surface area (Å²) in [5.74, 6) is -0.872. The third-order valence-electron chi connectivity index (χ3n) is 6.20. The standard InChI is InChI=1S/C26H31FN4O5/c27-20-2-4-21(5-3-20)29-24(32)18-36-23-8-6-22(7-9-23)31-17-19(16-25(31)33)26(34)28-10-1-11-30-12-14-35-15-13-30/h2-9,19H,1,10-18H2,(H,28,34)(H,29,32)/t19-/m0/s1. The maximum Gasteiger partial charge on any atom is 0.262 e. The predicted molar refractivity (Wildman–Crippen MR) is 132 cm³/mol. The highest BCUT2D eigenvalue weighted by Crippen LogP contribution is 2.27. The van der Waals surface area contributed by atoms with Crippen LogP contribution in [-0.4, -0.2) is 75.2 Å². The number of nitrogens with zero attached hydrogens (tertiary/aromatic N) is 2. The summed E-state index contributed by atoms with van der Waals surface area (Å²) in [6.07, 6.45) is 1.04. The van der Waals surface area contributed by atoms with Crippen LogP contribution in [0.1, 0.15) is 12.8 Å². The van der Waals surface area contributed by atoms with Gasteiger partial charge in [-0.15, -0.1) is 0 Å². The van der Waals surface area contributed by atoms with E-state index < -0.39 is 0 Å². The molecule has 2 saturated heterocycles. The van der Waals surface area contributed by atoms with Crippen molar-refractivity contribution in [3.05, 3.63) is 54.3 Å². The molecule has 0 aliphatic carbocycles. The molecule has 2 fully saturated rings. The van der Waals surface area contributed by atoms with Crippen LogP contribution in [0.3, 0.4) is 0 Å². The van der Waals surface area contributed by atoms with Crippen LogP contribution in [0.5, 0.6) is 5.75 Å². The highest BCUT2D eigenvalue weighted by atomic mass is 19.1. The smallest absolute Gasteiger partial charge is 0.262 e. The number of ether oxygens (including phenoxy) is 2. The summed E-state index contributed by atoms with van der Waals surface area (Å²) in [5, 5.41) is 5.58. The van der Waals surface area contributed by atoms with Crippen molar-refractivity contribution in [2.24, 2.45) is 5.92 Å². The van der Waals surface area contributed by atoms with Gasteiger partial charge in [0.15, 0.2) is 6.61 Å². The second kappa shape index (κ2) is 12.5. The molecular formula is C26H31FN4O5. The van der Waals surface area contributed by atoms with E-state index in [0.717, 1.165) is 39.3 Å². The first-order valence-electron chi connectivity index (χ1n) is 12.1. The number of morpholine rings is 1. The Bertz CT molecular complexity index is 1040. The normalized spacial score (nSPS) is 18.2. The number of nitrogens with one attached hydrogen (secondary N) is 2. The topological polar surface area (TPSA) is 100 Å². The van der Waals surface area contributed by atoms with E-state index in [1.54, 1.807) is 29.2 Å². The van der Waals surface area contributed by atoms with E-state index in [4.69, 9.17) is 9.47 Å². The Hall–Kier alpha value is -3.50. The lowest BCUT2D eigenvalue weighted by Gasteiger charge is -2.26. The molecule has 10 heteroatoms. The maximum atomic E-state index is 13.0. The van der Waals surface area contributed by atoms with Gasteiger partial charge in [-0.1, -0.05) is 0 Å². The number of benzene rings is 2. The summed E-state index contributed by atoms with van der Waals surface area (Å²) in [6, 6.07) is 12.3. The van der Waals surface area contributed by atoms with Crippen LogP contribution in [0.2, 0.25) is 0 Å². The molecule has 9 nitrogen and oxygen atoms in total. The molecule has 2 aliphatic heterocycles. The van der Waals surface area contributed by atoms with Gasteiger partial charge in [-0.25, -0.2) is 4.39 Å². The number of anilines is 2. The van der Waals surface area contributed by atoms with Crippen LogP contribution < -0.4 is 20.3 Å². The Morgan fingerprint density at radius 1 is 1.06 bits per heavy atom. The lowest BCUT2D eigenvalue weighted by atomic mass is 10.1. The Kier molecular flexibility index (Phi) is 8.85. The van der Waals surface area contributed by atoms with E-state index in [1.165, 1.54) is 24.3 Å². The zero-order valence-electron chi connectivity index (χ0n) is 20.1. The van der Waals surface area contributed by atoms with Crippen LogP contribution in [0, 0.1) is 11.7 Å². The molecule has 1 atom stereocenters. The Balaban J connectivity index is 1.19. The minimum atomic E-state index is -0.382. The molecule has 2 heterocycles. The fourth-order valence-corrected chi connectivity index (χ4v) is 4.22. The average Bonchev–Trinajstić information content (AvgIpc) is 3.29. The number of hydrogen-bond donors (Lipinski definition) is 2. The van der Waals surface area contributed by atoms with Gasteiger partial charge in [0.1, 0.15) is 11.6 Å². The minimum Gasteiger partial charge on any atom is -0.484 e. The largest absolute Gasteiger partial charge is 0.484 e. The van der Waals surface area contributed by atoms with Gasteiger partial charge in [0.25, 0.3) is 5.91 Å². The van der Waals surface area contributed by atoms with Crippen molar-refractivity contribution < 1.29 is 28.2 Å². The molecule has 2 aromatic rings. The lowest BCUT2D eigenvalue weighted by molar-refractivity contribution is -0.126. The molecule has 0 spiro atoms. The predicted octanol–water partition coefficient (Wildman–Crippen LogP) is 2.03. The van der Waals surface area contributed by atoms with Gasteiger partial charge in [-0.3, -0.25) is 19.3 Å². The van der Waals surface area contributed by atoms with Crippen LogP contribution in [0.15, 0.2) is 48.5 Å². The number of carbonyl (C=O) groups is 3. The number of halogens is 1. The third kappa shape index (κ3) is 7.25. The van der Waals surface area contributed by atoms with Gasteiger partial charge in [0.2, 0.25) is 11.8 Å². The monoisotopic (exact) mass is 498 g/mol. The lowest BCUT2D eigenvalue weighted by Crippen LogP contribution is -2.39. The molecule has 2 N–H and O–H groups in total. The molecule has 36 heavy (non-hydrogen) atoms. The molecule has 0 unspecified atom stereocenters. The van der Waals surface area contributed by atoms with E-state index in [1.807, 2.05) is 0 Å². The van der Waals surface area contributed by atoms with Crippen LogP contribution in [0.4, 0.5) is 15.8 Å². The van der Waals surface area contributed by atoms with E-state index in [0.29, 0.717) is 30.2 Å². The Morgan fingerprint density at radius 2 is 1.78 bits per heavy atom. The summed E-state index contributed by atoms with van der Waals surface area (Å²) in [5.41, 5.74) is 1.15. The van der Waals surface area contributed by atoms with E-state index in [9.17, 15) is 18.8 Å². The second-order valence-electron chi connectivity index (χ2n) is 8.84. The van der Waals surface area contributed by atoms with Crippen molar-refractivity contribution in [3.8, 4) is 5.75 Å². The fourth-order valence-electron chi connectivity index (χ4n) is 4.22. The maximum absolute atomic E-state index is 13.0. The van der Waals surface area contributed by atoms with E-state index in [-0.39, 0.29) is 42.5 Å². The van der Waals surface area contributed by atoms with E-state index >= 15 is 0 Å². The summed E-state index contributed by atoms with van der Waals surface area (Å²) >= 11 is 0. The van der Waals surface area contributed by atoms with Crippen LogP contribution >= 0.6 is 0 Å². The first kappa shape index (κ1) is 25.6. The first-order chi connectivity index (χ1) is 17.5. The number of carbonyl (C=O) groups excluding carboxylic acids is 3. The highest BCUT2D eigenvalue weighted by molar-refractivity contribution is 6.00. The zero-order valence-corrected chi connectivity index (χ0v) is 20.1. The second-order valence-corrected chi connectivity index (χ2v) is 8.84. The molecule has 0 bridgehead atoms. The highest BCUT2D eigenvalue weighted by Gasteiger charge is 2.35. The fraction of sp³-hybridized carbons (Fsp3) is 0.423. The molecule has 0 radical (unpaired) electrons. The van der Waals surface area contributed by atoms with Crippen LogP contribution in [-0.2, 0) is 19.1 Å². The molecule has 0 aromatic heterocycles. The number of hydrogen-bond acceptors (Lipinski definition) is 6. The summed E-state index contributed by atoms with van der Waals surface area (Å²) in [4.78, 5) is 41.1. The first-order valence-corrected chi connectivity index (χ1v) is 12.1. The number of amides is 3. The average molecular weight is 499 g/mol. The van der Waals surface area contributed by atoms with Crippen molar-refractivity contribution in [3.63, 3.8) is 0 Å². The van der Waals surface area contributed by atoms with Crippen molar-refractivity contribution in [2.75, 3.05) is 62.8 Å². The van der Waals surface area contributed by atoms with Gasteiger partial charge < -0.3 is 25.0 Å². The van der Waals surface area contributed by atoms with Gasteiger partial charge >= 0.3 is 0 Å². The SMILES string of the molecule is O=C(COc1ccc(N2C[C@@H](C(=O)NCCCN3CCOCC3)CC2=O)cc1)Nc1ccc(F)cc1. The minimum absolute atomic E-state index is 0.0973. The van der Waals surface area contributed by atoms with Gasteiger partial charge in [0.05, 0.1) is 19.1 Å². The molecule has 2 aromatic carbocycles. The summed E-state index contributed by atoms with van der Waals surface area (Å²) in [7, 11) is 0. The van der Waals surface area contributed by atoms with Gasteiger partial charge in [-0.2, -0.15) is 0 Å².